The fraction of sp³-hybridized carbons (Fsp3) is 0.550. The Morgan fingerprint density at radius 2 is 1.77 bits per heavy atom. The van der Waals surface area contributed by atoms with Crippen LogP contribution in [-0.2, 0) is 22.4 Å². The summed E-state index contributed by atoms with van der Waals surface area (Å²) in [4.78, 5) is 16.6. The van der Waals surface area contributed by atoms with Gasteiger partial charge in [0.15, 0.2) is 0 Å². The molecule has 2 aliphatic rings. The molecule has 0 atom stereocenters. The van der Waals surface area contributed by atoms with Gasteiger partial charge < -0.3 is 24.2 Å². The van der Waals surface area contributed by atoms with Crippen molar-refractivity contribution >= 4 is 18.4 Å². The third-order valence-electron chi connectivity index (χ3n) is 6.12. The van der Waals surface area contributed by atoms with Crippen molar-refractivity contribution in [3.8, 4) is 6.01 Å². The van der Waals surface area contributed by atoms with Crippen LogP contribution in [0.5, 0.6) is 6.01 Å². The highest BCUT2D eigenvalue weighted by Crippen LogP contribution is 2.36. The molecule has 0 saturated carbocycles. The average molecular weight is 414 g/mol. The zero-order chi connectivity index (χ0) is 21.5. The minimum absolute atomic E-state index is 0.184. The molecule has 10 heteroatoms. The number of ether oxygens (including phenoxy) is 1. The Kier molecular flexibility index (Phi) is 5.33. The molecule has 0 spiro atoms. The van der Waals surface area contributed by atoms with Crippen LogP contribution in [0.25, 0.3) is 0 Å². The lowest BCUT2D eigenvalue weighted by Gasteiger charge is -2.32. The topological polar surface area (TPSA) is 91.9 Å². The van der Waals surface area contributed by atoms with Crippen LogP contribution < -0.4 is 10.2 Å². The molecular weight excluding hydrogens is 387 g/mol. The van der Waals surface area contributed by atoms with Crippen LogP contribution in [0.4, 0.5) is 5.82 Å². The third kappa shape index (κ3) is 4.07. The summed E-state index contributed by atoms with van der Waals surface area (Å²) in [5, 5.41) is 10.9. The van der Waals surface area contributed by atoms with Crippen molar-refractivity contribution in [1.29, 1.82) is 0 Å². The van der Waals surface area contributed by atoms with Gasteiger partial charge in [-0.25, -0.2) is 0 Å². The second-order valence-corrected chi connectivity index (χ2v) is 8.79. The summed E-state index contributed by atoms with van der Waals surface area (Å²) >= 11 is 0. The smallest absolute Gasteiger partial charge is 0.444 e. The van der Waals surface area contributed by atoms with Gasteiger partial charge in [0.25, 0.3) is 0 Å². The Morgan fingerprint density at radius 3 is 2.40 bits per heavy atom. The van der Waals surface area contributed by atoms with Crippen molar-refractivity contribution in [2.24, 2.45) is 0 Å². The van der Waals surface area contributed by atoms with E-state index < -0.39 is 4.92 Å². The van der Waals surface area contributed by atoms with Crippen molar-refractivity contribution in [2.75, 3.05) is 19.7 Å². The Labute approximate surface area is 176 Å². The lowest BCUT2D eigenvalue weighted by atomic mass is 9.79. The minimum Gasteiger partial charge on any atom is -0.444 e. The summed E-state index contributed by atoms with van der Waals surface area (Å²) < 4.78 is 19.6. The molecule has 2 aliphatic heterocycles. The first kappa shape index (κ1) is 20.8. The quantitative estimate of drug-likeness (QED) is 0.429. The molecule has 30 heavy (non-hydrogen) atoms. The van der Waals surface area contributed by atoms with Gasteiger partial charge >= 0.3 is 18.9 Å². The van der Waals surface area contributed by atoms with Crippen molar-refractivity contribution in [3.63, 3.8) is 0 Å². The molecule has 0 N–H and O–H groups in total. The molecule has 160 valence electrons. The zero-order valence-electron chi connectivity index (χ0n) is 17.8. The molecule has 2 aromatic rings. The van der Waals surface area contributed by atoms with E-state index in [1.54, 1.807) is 4.57 Å². The highest BCUT2D eigenvalue weighted by Gasteiger charge is 2.51. The molecule has 1 aromatic heterocycles. The fourth-order valence-electron chi connectivity index (χ4n) is 3.55. The maximum absolute atomic E-state index is 10.9. The highest BCUT2D eigenvalue weighted by atomic mass is 16.7. The Bertz CT molecular complexity index is 912. The molecule has 0 amide bonds. The van der Waals surface area contributed by atoms with E-state index in [0.717, 1.165) is 25.1 Å². The van der Waals surface area contributed by atoms with Gasteiger partial charge in [-0.2, -0.15) is 0 Å². The highest BCUT2D eigenvalue weighted by molar-refractivity contribution is 6.62. The van der Waals surface area contributed by atoms with E-state index in [1.807, 2.05) is 27.7 Å². The summed E-state index contributed by atoms with van der Waals surface area (Å²) in [5.74, 6) is -0.184. The number of imidazole rings is 1. The number of benzene rings is 1. The largest absolute Gasteiger partial charge is 0.494 e. The van der Waals surface area contributed by atoms with E-state index in [-0.39, 0.29) is 24.1 Å². The molecule has 0 aliphatic carbocycles. The summed E-state index contributed by atoms with van der Waals surface area (Å²) in [6.45, 7) is 11.4. The Morgan fingerprint density at radius 1 is 1.10 bits per heavy atom. The number of aromatic nitrogens is 2. The first-order chi connectivity index (χ1) is 14.1. The summed E-state index contributed by atoms with van der Waals surface area (Å²) in [6.07, 6.45) is 1.43. The van der Waals surface area contributed by atoms with E-state index >= 15 is 0 Å². The Balaban J connectivity index is 1.38. The number of hydrogen-bond acceptors (Lipinski definition) is 7. The lowest BCUT2D eigenvalue weighted by Crippen LogP contribution is -2.41. The van der Waals surface area contributed by atoms with E-state index in [4.69, 9.17) is 14.0 Å². The molecule has 0 radical (unpaired) electrons. The van der Waals surface area contributed by atoms with Gasteiger partial charge in [0.05, 0.1) is 11.2 Å². The predicted molar refractivity (Wildman–Crippen MR) is 112 cm³/mol. The summed E-state index contributed by atoms with van der Waals surface area (Å²) in [7, 11) is -0.366. The first-order valence-corrected chi connectivity index (χ1v) is 10.2. The maximum atomic E-state index is 10.9. The summed E-state index contributed by atoms with van der Waals surface area (Å²) in [5.41, 5.74) is 1.46. The van der Waals surface area contributed by atoms with Crippen LogP contribution in [0.2, 0.25) is 0 Å². The average Bonchev–Trinajstić information content (AvgIpc) is 3.15. The molecule has 4 rings (SSSR count). The summed E-state index contributed by atoms with van der Waals surface area (Å²) in [6, 6.07) is 8.60. The van der Waals surface area contributed by atoms with Gasteiger partial charge in [0, 0.05) is 31.2 Å². The second-order valence-electron chi connectivity index (χ2n) is 8.79. The van der Waals surface area contributed by atoms with Gasteiger partial charge in [-0.05, 0) is 43.6 Å². The van der Waals surface area contributed by atoms with E-state index in [2.05, 4.69) is 34.1 Å². The number of fused-ring (bicyclic) bond motifs is 1. The number of rotatable bonds is 4. The molecule has 9 nitrogen and oxygen atoms in total. The van der Waals surface area contributed by atoms with Crippen molar-refractivity contribution in [1.82, 2.24) is 14.5 Å². The standard InChI is InChI=1S/C20H27BN4O5/c1-19(2)20(3,4)30-21(29-19)16-7-5-15(6-8-16)13-23-9-10-24-14-17(25(26)27)22-18(24)28-12-11-23/h5-8,14H,9-13H2,1-4H3. The van der Waals surface area contributed by atoms with E-state index in [9.17, 15) is 10.1 Å². The normalized spacial score (nSPS) is 20.9. The van der Waals surface area contributed by atoms with E-state index in [0.29, 0.717) is 19.2 Å². The van der Waals surface area contributed by atoms with Crippen molar-refractivity contribution in [2.45, 2.75) is 52.0 Å². The van der Waals surface area contributed by atoms with Crippen LogP contribution in [-0.4, -0.2) is 57.4 Å². The van der Waals surface area contributed by atoms with Crippen LogP contribution in [0.1, 0.15) is 33.3 Å². The van der Waals surface area contributed by atoms with Gasteiger partial charge in [0.2, 0.25) is 0 Å². The molecule has 1 saturated heterocycles. The lowest BCUT2D eigenvalue weighted by molar-refractivity contribution is -0.389. The third-order valence-corrected chi connectivity index (χ3v) is 6.12. The molecule has 0 bridgehead atoms. The maximum Gasteiger partial charge on any atom is 0.494 e. The van der Waals surface area contributed by atoms with Crippen LogP contribution in [0, 0.1) is 10.1 Å². The molecular formula is C20H27BN4O5. The second kappa shape index (κ2) is 7.68. The molecule has 1 fully saturated rings. The molecule has 3 heterocycles. The number of nitro groups is 1. The molecule has 0 unspecified atom stereocenters. The van der Waals surface area contributed by atoms with Crippen molar-refractivity contribution in [3.05, 3.63) is 46.1 Å². The fourth-order valence-corrected chi connectivity index (χ4v) is 3.55. The van der Waals surface area contributed by atoms with Crippen LogP contribution >= 0.6 is 0 Å². The number of hydrogen-bond donors (Lipinski definition) is 0. The van der Waals surface area contributed by atoms with Gasteiger partial charge in [-0.15, -0.1) is 0 Å². The monoisotopic (exact) mass is 414 g/mol. The SMILES string of the molecule is CC1(C)OB(c2ccc(CN3CCOc4nc([N+](=O)[O-])cn4CC3)cc2)OC1(C)C. The molecule has 1 aromatic carbocycles. The number of nitrogens with zero attached hydrogens (tertiary/aromatic N) is 4. The van der Waals surface area contributed by atoms with Crippen LogP contribution in [0.3, 0.4) is 0 Å². The van der Waals surface area contributed by atoms with Gasteiger partial charge in [0.1, 0.15) is 12.8 Å². The Hall–Kier alpha value is -2.43. The minimum atomic E-state index is -0.499. The first-order valence-electron chi connectivity index (χ1n) is 10.2. The van der Waals surface area contributed by atoms with E-state index in [1.165, 1.54) is 11.8 Å². The van der Waals surface area contributed by atoms with Crippen molar-refractivity contribution < 1.29 is 19.0 Å². The van der Waals surface area contributed by atoms with Crippen LogP contribution in [0.15, 0.2) is 30.5 Å². The van der Waals surface area contributed by atoms with Gasteiger partial charge in [-0.3, -0.25) is 9.47 Å². The predicted octanol–water partition coefficient (Wildman–Crippen LogP) is 1.99. The zero-order valence-corrected chi connectivity index (χ0v) is 17.8. The van der Waals surface area contributed by atoms with Gasteiger partial charge in [-0.1, -0.05) is 24.3 Å².